The number of carbonyl (C=O) groups is 1. The third-order valence-electron chi connectivity index (χ3n) is 6.08. The Morgan fingerprint density at radius 1 is 1.06 bits per heavy atom. The lowest BCUT2D eigenvalue weighted by atomic mass is 9.95. The van der Waals surface area contributed by atoms with E-state index >= 15 is 0 Å². The van der Waals surface area contributed by atoms with Crippen LogP contribution >= 0.6 is 0 Å². The Kier molecular flexibility index (Phi) is 6.90. The van der Waals surface area contributed by atoms with Gasteiger partial charge in [-0.25, -0.2) is 4.68 Å². The van der Waals surface area contributed by atoms with Gasteiger partial charge in [0.1, 0.15) is 5.69 Å². The smallest absolute Gasteiger partial charge is 0.220 e. The Hall–Kier alpha value is -4.08. The third kappa shape index (κ3) is 4.51. The maximum atomic E-state index is 13.0. The van der Waals surface area contributed by atoms with Crippen molar-refractivity contribution in [3.8, 4) is 34.1 Å². The molecule has 1 atom stereocenters. The zero-order valence-electron chi connectivity index (χ0n) is 20.4. The van der Waals surface area contributed by atoms with E-state index in [9.17, 15) is 9.59 Å². The van der Waals surface area contributed by atoms with E-state index in [0.29, 0.717) is 35.8 Å². The molecule has 0 spiro atoms. The van der Waals surface area contributed by atoms with Crippen LogP contribution in [0.25, 0.3) is 11.1 Å². The lowest BCUT2D eigenvalue weighted by Gasteiger charge is -2.19. The second-order valence-corrected chi connectivity index (χ2v) is 8.11. The maximum absolute atomic E-state index is 13.0. The number of carbonyl (C=O) groups excluding carboxylic acids is 1. The normalized spacial score (nSPS) is 14.3. The number of rotatable bonds is 7. The Labute approximate surface area is 202 Å². The number of amides is 1. The number of methoxy groups -OCH3 is 4. The molecular weight excluding hydrogens is 452 g/mol. The van der Waals surface area contributed by atoms with E-state index in [-0.39, 0.29) is 29.7 Å². The molecule has 0 fully saturated rings. The van der Waals surface area contributed by atoms with Crippen molar-refractivity contribution in [1.29, 1.82) is 0 Å². The molecule has 0 aliphatic heterocycles. The first-order valence-electron chi connectivity index (χ1n) is 11.1. The van der Waals surface area contributed by atoms with Crippen molar-refractivity contribution < 1.29 is 23.7 Å². The number of hydrogen-bond donors (Lipinski definition) is 1. The maximum Gasteiger partial charge on any atom is 0.220 e. The van der Waals surface area contributed by atoms with Gasteiger partial charge in [0.15, 0.2) is 17.2 Å². The van der Waals surface area contributed by atoms with Crippen molar-refractivity contribution in [3.63, 3.8) is 0 Å². The van der Waals surface area contributed by atoms with Crippen molar-refractivity contribution in [3.05, 3.63) is 57.5 Å². The molecule has 1 heterocycles. The first kappa shape index (κ1) is 24.1. The number of ether oxygens (including phenoxy) is 4. The summed E-state index contributed by atoms with van der Waals surface area (Å²) >= 11 is 0. The summed E-state index contributed by atoms with van der Waals surface area (Å²) < 4.78 is 24.1. The molecule has 1 N–H and O–H groups in total. The van der Waals surface area contributed by atoms with E-state index in [1.54, 1.807) is 44.3 Å². The van der Waals surface area contributed by atoms with Gasteiger partial charge in [-0.1, -0.05) is 11.3 Å². The van der Waals surface area contributed by atoms with E-state index in [1.807, 2.05) is 12.1 Å². The van der Waals surface area contributed by atoms with Crippen molar-refractivity contribution in [2.75, 3.05) is 28.4 Å². The number of fused-ring (bicyclic) bond motifs is 3. The summed E-state index contributed by atoms with van der Waals surface area (Å²) in [4.78, 5) is 24.3. The lowest BCUT2D eigenvalue weighted by molar-refractivity contribution is -0.119. The minimum atomic E-state index is -0.303. The van der Waals surface area contributed by atoms with Crippen LogP contribution in [-0.4, -0.2) is 49.3 Å². The van der Waals surface area contributed by atoms with Crippen LogP contribution < -0.4 is 29.7 Å². The predicted octanol–water partition coefficient (Wildman–Crippen LogP) is 2.51. The van der Waals surface area contributed by atoms with Crippen LogP contribution in [0, 0.1) is 0 Å². The Morgan fingerprint density at radius 3 is 2.46 bits per heavy atom. The Balaban J connectivity index is 1.96. The van der Waals surface area contributed by atoms with E-state index in [0.717, 1.165) is 22.3 Å². The van der Waals surface area contributed by atoms with Crippen LogP contribution in [0.3, 0.4) is 0 Å². The summed E-state index contributed by atoms with van der Waals surface area (Å²) in [6, 6.07) is 6.74. The van der Waals surface area contributed by atoms with Gasteiger partial charge in [0.25, 0.3) is 0 Å². The molecule has 4 rings (SSSR count). The second-order valence-electron chi connectivity index (χ2n) is 8.11. The predicted molar refractivity (Wildman–Crippen MR) is 128 cm³/mol. The van der Waals surface area contributed by atoms with Gasteiger partial charge in [0.2, 0.25) is 17.1 Å². The molecule has 10 nitrogen and oxygen atoms in total. The average molecular weight is 481 g/mol. The van der Waals surface area contributed by atoms with Crippen LogP contribution in [0.1, 0.15) is 36.2 Å². The number of hydrogen-bond acceptors (Lipinski definition) is 8. The van der Waals surface area contributed by atoms with Crippen molar-refractivity contribution in [2.45, 2.75) is 32.4 Å². The van der Waals surface area contributed by atoms with Gasteiger partial charge in [0.05, 0.1) is 47.2 Å². The molecule has 0 saturated heterocycles. The molecule has 184 valence electrons. The number of benzene rings is 1. The zero-order valence-corrected chi connectivity index (χ0v) is 20.4. The van der Waals surface area contributed by atoms with E-state index in [2.05, 4.69) is 15.6 Å². The highest BCUT2D eigenvalue weighted by atomic mass is 16.5. The van der Waals surface area contributed by atoms with Crippen LogP contribution in [0.4, 0.5) is 0 Å². The zero-order chi connectivity index (χ0) is 25.1. The fraction of sp³-hybridized carbons (Fsp3) is 0.360. The lowest BCUT2D eigenvalue weighted by Crippen LogP contribution is -2.19. The number of nitrogens with zero attached hydrogens (tertiary/aromatic N) is 3. The van der Waals surface area contributed by atoms with Crippen LogP contribution in [0.15, 0.2) is 35.3 Å². The Bertz CT molecular complexity index is 1320. The monoisotopic (exact) mass is 480 g/mol. The van der Waals surface area contributed by atoms with Crippen LogP contribution in [0.5, 0.6) is 23.0 Å². The molecule has 35 heavy (non-hydrogen) atoms. The Morgan fingerprint density at radius 2 is 1.80 bits per heavy atom. The highest BCUT2D eigenvalue weighted by Crippen LogP contribution is 2.50. The minimum Gasteiger partial charge on any atom is -0.493 e. The summed E-state index contributed by atoms with van der Waals surface area (Å²) in [5, 5.41) is 11.3. The van der Waals surface area contributed by atoms with Gasteiger partial charge < -0.3 is 24.3 Å². The second kappa shape index (κ2) is 10.0. The van der Waals surface area contributed by atoms with Gasteiger partial charge in [-0.3, -0.25) is 9.59 Å². The summed E-state index contributed by atoms with van der Waals surface area (Å²) in [6.45, 7) is 1.71. The van der Waals surface area contributed by atoms with Crippen molar-refractivity contribution in [2.24, 2.45) is 0 Å². The van der Waals surface area contributed by atoms with Gasteiger partial charge >= 0.3 is 0 Å². The van der Waals surface area contributed by atoms with Crippen LogP contribution in [-0.2, 0) is 17.8 Å². The topological polar surface area (TPSA) is 114 Å². The van der Waals surface area contributed by atoms with Gasteiger partial charge in [-0.05, 0) is 47.7 Å². The molecule has 0 radical (unpaired) electrons. The third-order valence-corrected chi connectivity index (χ3v) is 6.08. The fourth-order valence-electron chi connectivity index (χ4n) is 4.48. The molecule has 1 aliphatic carbocycles. The fourth-order valence-corrected chi connectivity index (χ4v) is 4.48. The van der Waals surface area contributed by atoms with E-state index in [1.165, 1.54) is 14.0 Å². The molecule has 0 unspecified atom stereocenters. The average Bonchev–Trinajstić information content (AvgIpc) is 3.19. The molecule has 2 aromatic carbocycles. The van der Waals surface area contributed by atoms with Crippen molar-refractivity contribution >= 4 is 5.91 Å². The number of aryl methyl sites for hydroxylation is 1. The van der Waals surface area contributed by atoms with Crippen molar-refractivity contribution in [1.82, 2.24) is 20.3 Å². The molecule has 1 aliphatic rings. The first-order valence-corrected chi connectivity index (χ1v) is 11.1. The van der Waals surface area contributed by atoms with Gasteiger partial charge in [-0.15, -0.1) is 5.10 Å². The molecule has 3 aromatic rings. The van der Waals surface area contributed by atoms with Crippen LogP contribution in [0.2, 0.25) is 0 Å². The molecule has 0 bridgehead atoms. The molecule has 10 heteroatoms. The summed E-state index contributed by atoms with van der Waals surface area (Å²) in [5.41, 5.74) is 3.71. The van der Waals surface area contributed by atoms with Gasteiger partial charge in [-0.2, -0.15) is 0 Å². The molecular formula is C25H28N4O6. The highest BCUT2D eigenvalue weighted by molar-refractivity contribution is 5.82. The minimum absolute atomic E-state index is 0.153. The highest BCUT2D eigenvalue weighted by Gasteiger charge is 2.30. The standard InChI is InChI=1S/C25H28N4O6/c1-14(30)26-12-16-13-29(28-27-16)19-8-6-15-10-22(33-3)24(34-4)25(35-5)23(15)17-7-9-21(32-2)20(31)11-18(17)19/h7,9-11,13,19H,6,8,12H2,1-5H3,(H,26,30)/t19-/m0/s1. The SMILES string of the molecule is COc1cc2c(c(OC)c1OC)-c1ccc(OC)c(=O)cc1[C@@H](n1cc(CNC(C)=O)nn1)CC2. The molecule has 0 saturated carbocycles. The van der Waals surface area contributed by atoms with Gasteiger partial charge in [0, 0.05) is 12.5 Å². The molecule has 1 aromatic heterocycles. The number of aromatic nitrogens is 3. The number of nitrogens with one attached hydrogen (secondary N) is 1. The largest absolute Gasteiger partial charge is 0.493 e. The molecule has 1 amide bonds. The summed E-state index contributed by atoms with van der Waals surface area (Å²) in [6.07, 6.45) is 3.07. The first-order chi connectivity index (χ1) is 16.9. The van der Waals surface area contributed by atoms with E-state index < -0.39 is 0 Å². The van der Waals surface area contributed by atoms with E-state index in [4.69, 9.17) is 18.9 Å². The quantitative estimate of drug-likeness (QED) is 0.549. The summed E-state index contributed by atoms with van der Waals surface area (Å²) in [7, 11) is 6.18. The summed E-state index contributed by atoms with van der Waals surface area (Å²) in [5.74, 6) is 1.62.